The van der Waals surface area contributed by atoms with Crippen molar-refractivity contribution in [1.82, 2.24) is 20.2 Å². The summed E-state index contributed by atoms with van der Waals surface area (Å²) in [7, 11) is 0. The van der Waals surface area contributed by atoms with Gasteiger partial charge in [0.15, 0.2) is 0 Å². The topological polar surface area (TPSA) is 64.3 Å². The zero-order valence-corrected chi connectivity index (χ0v) is 14.7. The van der Waals surface area contributed by atoms with Crippen molar-refractivity contribution in [3.05, 3.63) is 60.4 Å². The number of rotatable bonds is 4. The molecule has 0 bridgehead atoms. The summed E-state index contributed by atoms with van der Waals surface area (Å²) in [5, 5.41) is 3.01. The molecule has 134 valence electrons. The van der Waals surface area contributed by atoms with Gasteiger partial charge < -0.3 is 20.1 Å². The number of nitrogens with one attached hydrogen (secondary N) is 2. The quantitative estimate of drug-likeness (QED) is 0.761. The van der Waals surface area contributed by atoms with E-state index in [4.69, 9.17) is 0 Å². The van der Waals surface area contributed by atoms with E-state index < -0.39 is 0 Å². The zero-order valence-electron chi connectivity index (χ0n) is 14.7. The number of carbonyl (C=O) groups is 1. The zero-order chi connectivity index (χ0) is 17.8. The molecule has 6 nitrogen and oxygen atoms in total. The van der Waals surface area contributed by atoms with E-state index >= 15 is 0 Å². The fraction of sp³-hybridized carbons (Fsp3) is 0.300. The molecule has 0 radical (unpaired) electrons. The molecular weight excluding hydrogens is 326 g/mol. The first-order valence-corrected chi connectivity index (χ1v) is 9.06. The maximum absolute atomic E-state index is 12.4. The van der Waals surface area contributed by atoms with E-state index in [0.717, 1.165) is 43.0 Å². The second kappa shape index (κ2) is 7.47. The van der Waals surface area contributed by atoms with Crippen LogP contribution < -0.4 is 10.2 Å². The number of benzene rings is 2. The second-order valence-corrected chi connectivity index (χ2v) is 6.49. The number of H-pyrrole nitrogens is 1. The summed E-state index contributed by atoms with van der Waals surface area (Å²) in [5.41, 5.74) is 3.22. The van der Waals surface area contributed by atoms with Gasteiger partial charge in [-0.1, -0.05) is 30.3 Å². The fourth-order valence-corrected chi connectivity index (χ4v) is 3.33. The van der Waals surface area contributed by atoms with E-state index in [1.54, 1.807) is 0 Å². The minimum atomic E-state index is 0.00817. The van der Waals surface area contributed by atoms with Crippen LogP contribution in [0.15, 0.2) is 54.6 Å². The Morgan fingerprint density at radius 3 is 2.50 bits per heavy atom. The van der Waals surface area contributed by atoms with E-state index in [9.17, 15) is 4.79 Å². The Bertz CT molecular complexity index is 835. The Morgan fingerprint density at radius 1 is 1.00 bits per heavy atom. The summed E-state index contributed by atoms with van der Waals surface area (Å²) in [5.74, 6) is 0.903. The second-order valence-electron chi connectivity index (χ2n) is 6.49. The lowest BCUT2D eigenvalue weighted by atomic mass is 10.2. The van der Waals surface area contributed by atoms with Crippen LogP contribution in [0.1, 0.15) is 5.82 Å². The van der Waals surface area contributed by atoms with Crippen molar-refractivity contribution in [2.45, 2.75) is 6.42 Å². The van der Waals surface area contributed by atoms with Crippen molar-refractivity contribution in [1.29, 1.82) is 0 Å². The monoisotopic (exact) mass is 349 g/mol. The standard InChI is InChI=1S/C20H23N5O/c26-20(21-11-10-19-22-17-8-4-5-9-18(17)23-19)25-14-12-24(13-15-25)16-6-2-1-3-7-16/h1-9H,10-15H2,(H,21,26)(H,22,23). The summed E-state index contributed by atoms with van der Waals surface area (Å²) in [6.07, 6.45) is 0.699. The summed E-state index contributed by atoms with van der Waals surface area (Å²) >= 11 is 0. The van der Waals surface area contributed by atoms with Crippen LogP contribution >= 0.6 is 0 Å². The van der Waals surface area contributed by atoms with Gasteiger partial charge in [-0.15, -0.1) is 0 Å². The fourth-order valence-electron chi connectivity index (χ4n) is 3.33. The van der Waals surface area contributed by atoms with Gasteiger partial charge in [0.2, 0.25) is 0 Å². The third kappa shape index (κ3) is 3.64. The highest BCUT2D eigenvalue weighted by Gasteiger charge is 2.20. The average Bonchev–Trinajstić information content (AvgIpc) is 3.11. The van der Waals surface area contributed by atoms with Crippen molar-refractivity contribution in [3.8, 4) is 0 Å². The third-order valence-electron chi connectivity index (χ3n) is 4.76. The predicted molar refractivity (Wildman–Crippen MR) is 103 cm³/mol. The molecular formula is C20H23N5O. The van der Waals surface area contributed by atoms with E-state index in [-0.39, 0.29) is 6.03 Å². The van der Waals surface area contributed by atoms with E-state index in [1.165, 1.54) is 5.69 Å². The van der Waals surface area contributed by atoms with Crippen molar-refractivity contribution < 1.29 is 4.79 Å². The lowest BCUT2D eigenvalue weighted by Gasteiger charge is -2.36. The van der Waals surface area contributed by atoms with Crippen LogP contribution in [0.3, 0.4) is 0 Å². The molecule has 2 N–H and O–H groups in total. The lowest BCUT2D eigenvalue weighted by molar-refractivity contribution is 0.194. The SMILES string of the molecule is O=C(NCCc1nc2ccccc2[nH]1)N1CCN(c2ccccc2)CC1. The molecule has 26 heavy (non-hydrogen) atoms. The van der Waals surface area contributed by atoms with Crippen LogP contribution in [0.25, 0.3) is 11.0 Å². The van der Waals surface area contributed by atoms with Gasteiger partial charge in [0.05, 0.1) is 11.0 Å². The average molecular weight is 349 g/mol. The van der Waals surface area contributed by atoms with Gasteiger partial charge in [-0.3, -0.25) is 0 Å². The summed E-state index contributed by atoms with van der Waals surface area (Å²) < 4.78 is 0. The first-order valence-electron chi connectivity index (χ1n) is 9.06. The van der Waals surface area contributed by atoms with Crippen LogP contribution in [0.5, 0.6) is 0 Å². The predicted octanol–water partition coefficient (Wildman–Crippen LogP) is 2.64. The molecule has 2 heterocycles. The summed E-state index contributed by atoms with van der Waals surface area (Å²) in [4.78, 5) is 24.4. The number of piperazine rings is 1. The molecule has 4 rings (SSSR count). The highest BCUT2D eigenvalue weighted by Crippen LogP contribution is 2.15. The van der Waals surface area contributed by atoms with Gasteiger partial charge in [0.1, 0.15) is 5.82 Å². The maximum atomic E-state index is 12.4. The van der Waals surface area contributed by atoms with E-state index in [1.807, 2.05) is 47.4 Å². The number of hydrogen-bond acceptors (Lipinski definition) is 3. The molecule has 0 aliphatic carbocycles. The van der Waals surface area contributed by atoms with Gasteiger partial charge >= 0.3 is 6.03 Å². The van der Waals surface area contributed by atoms with Crippen LogP contribution in [-0.2, 0) is 6.42 Å². The van der Waals surface area contributed by atoms with E-state index in [2.05, 4.69) is 32.3 Å². The number of amides is 2. The molecule has 1 aliphatic rings. The Kier molecular flexibility index (Phi) is 4.73. The normalized spacial score (nSPS) is 14.6. The molecule has 2 amide bonds. The van der Waals surface area contributed by atoms with Gasteiger partial charge in [0, 0.05) is 44.8 Å². The van der Waals surface area contributed by atoms with Crippen LogP contribution in [0.2, 0.25) is 0 Å². The van der Waals surface area contributed by atoms with Gasteiger partial charge in [-0.2, -0.15) is 0 Å². The lowest BCUT2D eigenvalue weighted by Crippen LogP contribution is -2.52. The smallest absolute Gasteiger partial charge is 0.317 e. The molecule has 1 aromatic heterocycles. The number of fused-ring (bicyclic) bond motifs is 1. The molecule has 1 saturated heterocycles. The highest BCUT2D eigenvalue weighted by atomic mass is 16.2. The first kappa shape index (κ1) is 16.4. The molecule has 0 saturated carbocycles. The number of hydrogen-bond donors (Lipinski definition) is 2. The van der Waals surface area contributed by atoms with Crippen LogP contribution in [-0.4, -0.2) is 53.6 Å². The van der Waals surface area contributed by atoms with Crippen molar-refractivity contribution >= 4 is 22.8 Å². The third-order valence-corrected chi connectivity index (χ3v) is 4.76. The van der Waals surface area contributed by atoms with Crippen LogP contribution in [0, 0.1) is 0 Å². The van der Waals surface area contributed by atoms with Crippen LogP contribution in [0.4, 0.5) is 10.5 Å². The minimum Gasteiger partial charge on any atom is -0.368 e. The van der Waals surface area contributed by atoms with Crippen molar-refractivity contribution in [2.24, 2.45) is 0 Å². The Labute approximate surface area is 152 Å². The molecule has 6 heteroatoms. The molecule has 1 aliphatic heterocycles. The minimum absolute atomic E-state index is 0.00817. The number of carbonyl (C=O) groups excluding carboxylic acids is 1. The maximum Gasteiger partial charge on any atom is 0.317 e. The van der Waals surface area contributed by atoms with E-state index in [0.29, 0.717) is 13.0 Å². The number of aromatic nitrogens is 2. The van der Waals surface area contributed by atoms with Gasteiger partial charge in [-0.25, -0.2) is 9.78 Å². The van der Waals surface area contributed by atoms with Gasteiger partial charge in [0.25, 0.3) is 0 Å². The van der Waals surface area contributed by atoms with Crippen molar-refractivity contribution in [2.75, 3.05) is 37.6 Å². The number of anilines is 1. The Morgan fingerprint density at radius 2 is 1.73 bits per heavy atom. The number of para-hydroxylation sites is 3. The Balaban J connectivity index is 1.24. The largest absolute Gasteiger partial charge is 0.368 e. The molecule has 3 aromatic rings. The molecule has 0 spiro atoms. The Hall–Kier alpha value is -3.02. The first-order chi connectivity index (χ1) is 12.8. The number of urea groups is 1. The highest BCUT2D eigenvalue weighted by molar-refractivity contribution is 5.75. The summed E-state index contributed by atoms with van der Waals surface area (Å²) in [6, 6.07) is 18.3. The number of nitrogens with zero attached hydrogens (tertiary/aromatic N) is 3. The van der Waals surface area contributed by atoms with Crippen molar-refractivity contribution in [3.63, 3.8) is 0 Å². The molecule has 0 unspecified atom stereocenters. The molecule has 1 fully saturated rings. The molecule has 0 atom stereocenters. The number of aromatic amines is 1. The number of imidazole rings is 1. The van der Waals surface area contributed by atoms with Gasteiger partial charge in [-0.05, 0) is 24.3 Å². The molecule has 2 aromatic carbocycles. The summed E-state index contributed by atoms with van der Waals surface area (Å²) in [6.45, 7) is 3.79.